The van der Waals surface area contributed by atoms with Crippen molar-refractivity contribution < 1.29 is 9.53 Å². The summed E-state index contributed by atoms with van der Waals surface area (Å²) in [7, 11) is 0. The topological polar surface area (TPSA) is 103 Å². The third-order valence-corrected chi connectivity index (χ3v) is 7.14. The molecule has 0 saturated carbocycles. The van der Waals surface area contributed by atoms with Gasteiger partial charge >= 0.3 is 0 Å². The number of aldehydes is 1. The Balaban J connectivity index is 1.44. The Kier molecular flexibility index (Phi) is 6.17. The van der Waals surface area contributed by atoms with Crippen LogP contribution in [0.1, 0.15) is 33.8 Å². The van der Waals surface area contributed by atoms with E-state index < -0.39 is 0 Å². The molecule has 8 nitrogen and oxygen atoms in total. The SMILES string of the molecule is N=C/C(=C1/N=C(c2cccs2)C=CN1)c1cc(C=O)cc(NCC2(N3CCCC3)COC2)n1. The molecule has 0 bridgehead atoms. The van der Waals surface area contributed by atoms with E-state index in [0.29, 0.717) is 48.2 Å². The lowest BCUT2D eigenvalue weighted by Gasteiger charge is -2.48. The monoisotopic (exact) mass is 462 g/mol. The summed E-state index contributed by atoms with van der Waals surface area (Å²) in [5, 5.41) is 16.6. The van der Waals surface area contributed by atoms with Crippen molar-refractivity contribution >= 4 is 40.9 Å². The smallest absolute Gasteiger partial charge is 0.150 e. The van der Waals surface area contributed by atoms with Gasteiger partial charge in [0.1, 0.15) is 17.9 Å². The van der Waals surface area contributed by atoms with Crippen molar-refractivity contribution in [2.45, 2.75) is 18.4 Å². The first-order valence-corrected chi connectivity index (χ1v) is 11.9. The van der Waals surface area contributed by atoms with Gasteiger partial charge in [-0.1, -0.05) is 6.07 Å². The lowest BCUT2D eigenvalue weighted by Crippen LogP contribution is -2.65. The van der Waals surface area contributed by atoms with E-state index in [4.69, 9.17) is 20.1 Å². The summed E-state index contributed by atoms with van der Waals surface area (Å²) in [5.41, 5.74) is 2.33. The molecule has 2 aromatic rings. The van der Waals surface area contributed by atoms with E-state index in [1.54, 1.807) is 29.7 Å². The Bertz CT molecular complexity index is 1130. The van der Waals surface area contributed by atoms with Crippen LogP contribution >= 0.6 is 11.3 Å². The highest BCUT2D eigenvalue weighted by molar-refractivity contribution is 7.12. The molecular weight excluding hydrogens is 436 g/mol. The predicted octanol–water partition coefficient (Wildman–Crippen LogP) is 3.16. The number of anilines is 1. The molecule has 33 heavy (non-hydrogen) atoms. The first kappa shape index (κ1) is 21.7. The number of ether oxygens (including phenoxy) is 1. The van der Waals surface area contributed by atoms with Crippen molar-refractivity contribution in [3.63, 3.8) is 0 Å². The number of nitrogens with one attached hydrogen (secondary N) is 3. The predicted molar refractivity (Wildman–Crippen MR) is 131 cm³/mol. The maximum absolute atomic E-state index is 11.7. The van der Waals surface area contributed by atoms with Crippen LogP contribution in [0.5, 0.6) is 0 Å². The number of likely N-dealkylation sites (tertiary alicyclic amines) is 1. The molecule has 5 rings (SSSR count). The highest BCUT2D eigenvalue weighted by Crippen LogP contribution is 2.30. The maximum Gasteiger partial charge on any atom is 0.150 e. The van der Waals surface area contributed by atoms with Crippen LogP contribution in [0.25, 0.3) is 5.57 Å². The van der Waals surface area contributed by atoms with Crippen LogP contribution in [0.4, 0.5) is 5.82 Å². The molecule has 3 N–H and O–H groups in total. The second-order valence-electron chi connectivity index (χ2n) is 8.41. The van der Waals surface area contributed by atoms with Gasteiger partial charge in [-0.25, -0.2) is 9.98 Å². The van der Waals surface area contributed by atoms with Crippen LogP contribution in [-0.2, 0) is 4.74 Å². The molecule has 2 fully saturated rings. The molecule has 0 atom stereocenters. The Morgan fingerprint density at radius 2 is 2.18 bits per heavy atom. The molecule has 3 aliphatic heterocycles. The van der Waals surface area contributed by atoms with Gasteiger partial charge in [0.05, 0.1) is 40.6 Å². The number of carbonyl (C=O) groups is 1. The molecule has 2 aromatic heterocycles. The van der Waals surface area contributed by atoms with E-state index in [1.807, 2.05) is 23.6 Å². The molecule has 9 heteroatoms. The van der Waals surface area contributed by atoms with E-state index in [-0.39, 0.29) is 5.54 Å². The standard InChI is InChI=1S/C24H26N6O2S/c25-12-18(23-26-6-5-19(29-23)21-4-3-9-33-21)20-10-17(13-31)11-22(28-20)27-14-24(15-32-16-24)30-7-1-2-8-30/h3-6,9-13,25-26H,1-2,7-8,14-16H2,(H,27,28)/b23-18-,25-12?. The number of pyridine rings is 1. The van der Waals surface area contributed by atoms with Gasteiger partial charge < -0.3 is 20.8 Å². The van der Waals surface area contributed by atoms with Crippen molar-refractivity contribution in [3.05, 3.63) is 63.9 Å². The van der Waals surface area contributed by atoms with E-state index >= 15 is 0 Å². The van der Waals surface area contributed by atoms with Gasteiger partial charge in [-0.3, -0.25) is 9.69 Å². The number of aromatic nitrogens is 1. The van der Waals surface area contributed by atoms with Crippen molar-refractivity contribution in [1.29, 1.82) is 5.41 Å². The van der Waals surface area contributed by atoms with Crippen LogP contribution < -0.4 is 10.6 Å². The van der Waals surface area contributed by atoms with Crippen LogP contribution in [0.15, 0.2) is 52.7 Å². The number of thiophene rings is 1. The Labute approximate surface area is 196 Å². The van der Waals surface area contributed by atoms with Crippen molar-refractivity contribution in [1.82, 2.24) is 15.2 Å². The summed E-state index contributed by atoms with van der Waals surface area (Å²) in [6.45, 7) is 4.27. The fraction of sp³-hybridized carbons (Fsp3) is 0.333. The zero-order valence-corrected chi connectivity index (χ0v) is 19.0. The molecule has 0 aliphatic carbocycles. The van der Waals surface area contributed by atoms with Gasteiger partial charge in [-0.15, -0.1) is 11.3 Å². The van der Waals surface area contributed by atoms with Gasteiger partial charge in [0.15, 0.2) is 0 Å². The van der Waals surface area contributed by atoms with Crippen LogP contribution in [0.3, 0.4) is 0 Å². The second-order valence-corrected chi connectivity index (χ2v) is 9.36. The zero-order chi connectivity index (χ0) is 22.7. The number of aliphatic imine (C=N–C) groups is 1. The highest BCUT2D eigenvalue weighted by Gasteiger charge is 2.44. The van der Waals surface area contributed by atoms with Crippen LogP contribution in [0, 0.1) is 5.41 Å². The minimum Gasteiger partial charge on any atom is -0.377 e. The fourth-order valence-corrected chi connectivity index (χ4v) is 5.08. The Morgan fingerprint density at radius 1 is 1.33 bits per heavy atom. The summed E-state index contributed by atoms with van der Waals surface area (Å²) in [5.74, 6) is 1.13. The molecule has 2 saturated heterocycles. The highest BCUT2D eigenvalue weighted by atomic mass is 32.1. The third kappa shape index (κ3) is 4.39. The summed E-state index contributed by atoms with van der Waals surface area (Å²) in [6.07, 6.45) is 8.17. The van der Waals surface area contributed by atoms with Gasteiger partial charge in [0.2, 0.25) is 0 Å². The number of nitrogens with zero attached hydrogens (tertiary/aromatic N) is 3. The molecule has 0 spiro atoms. The van der Waals surface area contributed by atoms with Crippen molar-refractivity contribution in [2.24, 2.45) is 4.99 Å². The van der Waals surface area contributed by atoms with E-state index in [0.717, 1.165) is 30.0 Å². The molecule has 5 heterocycles. The van der Waals surface area contributed by atoms with Gasteiger partial charge in [0, 0.05) is 24.5 Å². The minimum atomic E-state index is -0.0198. The Morgan fingerprint density at radius 3 is 2.85 bits per heavy atom. The summed E-state index contributed by atoms with van der Waals surface area (Å²) in [4.78, 5) is 24.7. The van der Waals surface area contributed by atoms with E-state index in [9.17, 15) is 4.79 Å². The first-order chi connectivity index (χ1) is 16.2. The summed E-state index contributed by atoms with van der Waals surface area (Å²) < 4.78 is 5.56. The number of allylic oxidation sites excluding steroid dienone is 2. The molecule has 3 aliphatic rings. The third-order valence-electron chi connectivity index (χ3n) is 6.24. The van der Waals surface area contributed by atoms with Gasteiger partial charge in [-0.05, 0) is 55.6 Å². The summed E-state index contributed by atoms with van der Waals surface area (Å²) in [6, 6.07) is 7.42. The van der Waals surface area contributed by atoms with E-state index in [1.165, 1.54) is 19.1 Å². The average Bonchev–Trinajstić information content (AvgIpc) is 3.54. The van der Waals surface area contributed by atoms with Crippen LogP contribution in [0.2, 0.25) is 0 Å². The quantitative estimate of drug-likeness (QED) is 0.411. The molecule has 0 unspecified atom stereocenters. The van der Waals surface area contributed by atoms with Gasteiger partial charge in [0.25, 0.3) is 0 Å². The molecule has 0 amide bonds. The van der Waals surface area contributed by atoms with Crippen molar-refractivity contribution in [2.75, 3.05) is 38.2 Å². The van der Waals surface area contributed by atoms with Crippen molar-refractivity contribution in [3.8, 4) is 0 Å². The number of rotatable bonds is 8. The Hall–Kier alpha value is -3.14. The lowest BCUT2D eigenvalue weighted by molar-refractivity contribution is -0.125. The minimum absolute atomic E-state index is 0.0198. The molecular formula is C24H26N6O2S. The average molecular weight is 463 g/mol. The first-order valence-electron chi connectivity index (χ1n) is 11.1. The van der Waals surface area contributed by atoms with Gasteiger partial charge in [-0.2, -0.15) is 0 Å². The molecule has 170 valence electrons. The largest absolute Gasteiger partial charge is 0.377 e. The maximum atomic E-state index is 11.7. The lowest BCUT2D eigenvalue weighted by atomic mass is 9.95. The van der Waals surface area contributed by atoms with E-state index in [2.05, 4.69) is 15.5 Å². The number of hydrogen-bond acceptors (Lipinski definition) is 9. The summed E-state index contributed by atoms with van der Waals surface area (Å²) >= 11 is 1.61. The molecule has 0 radical (unpaired) electrons. The zero-order valence-electron chi connectivity index (χ0n) is 18.2. The fourth-order valence-electron chi connectivity index (χ4n) is 4.38. The second kappa shape index (κ2) is 9.38. The number of carbonyl (C=O) groups excluding carboxylic acids is 1. The molecule has 0 aromatic carbocycles. The van der Waals surface area contributed by atoms with Crippen LogP contribution in [-0.4, -0.2) is 66.5 Å². The number of hydrogen-bond donors (Lipinski definition) is 3. The normalized spacial score (nSPS) is 21.0.